The summed E-state index contributed by atoms with van der Waals surface area (Å²) in [4.78, 5) is 12.7. The second kappa shape index (κ2) is 9.00. The van der Waals surface area contributed by atoms with Gasteiger partial charge in [0.1, 0.15) is 5.75 Å². The molecule has 0 spiro atoms. The van der Waals surface area contributed by atoms with E-state index in [1.54, 1.807) is 43.5 Å². The van der Waals surface area contributed by atoms with Crippen molar-refractivity contribution in [3.8, 4) is 5.75 Å². The number of anilines is 2. The molecule has 3 aromatic carbocycles. The van der Waals surface area contributed by atoms with Crippen molar-refractivity contribution in [2.24, 2.45) is 0 Å². The number of sulfonamides is 1. The van der Waals surface area contributed by atoms with Gasteiger partial charge in [-0.1, -0.05) is 25.1 Å². The smallest absolute Gasteiger partial charge is 0.264 e. The molecule has 0 heterocycles. The number of hydrogen-bond acceptors (Lipinski definition) is 4. The van der Waals surface area contributed by atoms with Crippen molar-refractivity contribution in [1.29, 1.82) is 0 Å². The third kappa shape index (κ3) is 4.63. The van der Waals surface area contributed by atoms with Gasteiger partial charge in [-0.05, 0) is 66.6 Å². The molecule has 0 aliphatic heterocycles. The number of hydrogen-bond donors (Lipinski definition) is 1. The number of carbonyl (C=O) groups is 1. The number of nitrogens with zero attached hydrogens (tertiary/aromatic N) is 1. The van der Waals surface area contributed by atoms with E-state index in [0.29, 0.717) is 17.1 Å². The van der Waals surface area contributed by atoms with Crippen molar-refractivity contribution in [3.05, 3.63) is 83.9 Å². The molecular weight excluding hydrogens is 400 g/mol. The highest BCUT2D eigenvalue weighted by Gasteiger charge is 2.22. The average molecular weight is 425 g/mol. The average Bonchev–Trinajstić information content (AvgIpc) is 2.79. The third-order valence-corrected chi connectivity index (χ3v) is 6.59. The van der Waals surface area contributed by atoms with Crippen LogP contribution in [0.15, 0.2) is 77.7 Å². The molecule has 0 aliphatic rings. The third-order valence-electron chi connectivity index (χ3n) is 4.81. The zero-order valence-electron chi connectivity index (χ0n) is 17.1. The minimum atomic E-state index is -3.84. The summed E-state index contributed by atoms with van der Waals surface area (Å²) in [6.45, 7) is 2.06. The Morgan fingerprint density at radius 3 is 2.27 bits per heavy atom. The molecule has 7 heteroatoms. The Hall–Kier alpha value is -3.32. The van der Waals surface area contributed by atoms with Gasteiger partial charge in [0.15, 0.2) is 0 Å². The van der Waals surface area contributed by atoms with Crippen molar-refractivity contribution in [2.45, 2.75) is 18.2 Å². The van der Waals surface area contributed by atoms with Gasteiger partial charge in [0.2, 0.25) is 0 Å². The summed E-state index contributed by atoms with van der Waals surface area (Å²) in [6, 6.07) is 20.2. The van der Waals surface area contributed by atoms with Crippen LogP contribution in [-0.2, 0) is 16.4 Å². The van der Waals surface area contributed by atoms with Gasteiger partial charge in [-0.2, -0.15) is 0 Å². The van der Waals surface area contributed by atoms with Crippen LogP contribution in [0.4, 0.5) is 11.4 Å². The lowest BCUT2D eigenvalue weighted by Crippen LogP contribution is -2.26. The summed E-state index contributed by atoms with van der Waals surface area (Å²) >= 11 is 0. The van der Waals surface area contributed by atoms with Crippen LogP contribution in [0, 0.1) is 0 Å². The van der Waals surface area contributed by atoms with Crippen LogP contribution in [0.25, 0.3) is 0 Å². The summed E-state index contributed by atoms with van der Waals surface area (Å²) in [5.41, 5.74) is 2.57. The summed E-state index contributed by atoms with van der Waals surface area (Å²) in [7, 11) is -0.820. The predicted molar refractivity (Wildman–Crippen MR) is 119 cm³/mol. The van der Waals surface area contributed by atoms with E-state index in [1.807, 2.05) is 24.3 Å². The number of carbonyl (C=O) groups excluding carboxylic acids is 1. The first kappa shape index (κ1) is 21.4. The highest BCUT2D eigenvalue weighted by molar-refractivity contribution is 7.92. The zero-order chi connectivity index (χ0) is 21.7. The number of nitrogens with one attached hydrogen (secondary N) is 1. The van der Waals surface area contributed by atoms with Crippen LogP contribution in [0.1, 0.15) is 22.8 Å². The molecule has 156 valence electrons. The maximum absolute atomic E-state index is 13.1. The van der Waals surface area contributed by atoms with Crippen LogP contribution in [-0.4, -0.2) is 28.5 Å². The quantitative estimate of drug-likeness (QED) is 0.612. The fourth-order valence-electron chi connectivity index (χ4n) is 2.91. The zero-order valence-corrected chi connectivity index (χ0v) is 17.9. The van der Waals surface area contributed by atoms with Crippen molar-refractivity contribution >= 4 is 27.3 Å². The van der Waals surface area contributed by atoms with Crippen LogP contribution in [0.3, 0.4) is 0 Å². The first-order chi connectivity index (χ1) is 14.3. The Kier molecular flexibility index (Phi) is 6.42. The molecule has 0 fully saturated rings. The minimum absolute atomic E-state index is 0.0369. The van der Waals surface area contributed by atoms with E-state index in [4.69, 9.17) is 4.74 Å². The molecule has 6 nitrogen and oxygen atoms in total. The summed E-state index contributed by atoms with van der Waals surface area (Å²) < 4.78 is 32.4. The maximum Gasteiger partial charge on any atom is 0.264 e. The number of aryl methyl sites for hydroxylation is 1. The van der Waals surface area contributed by atoms with E-state index in [1.165, 1.54) is 29.0 Å². The topological polar surface area (TPSA) is 75.7 Å². The monoisotopic (exact) mass is 424 g/mol. The second-order valence-electron chi connectivity index (χ2n) is 6.70. The minimum Gasteiger partial charge on any atom is -0.497 e. The lowest BCUT2D eigenvalue weighted by atomic mass is 10.1. The highest BCUT2D eigenvalue weighted by Crippen LogP contribution is 2.25. The van der Waals surface area contributed by atoms with Gasteiger partial charge >= 0.3 is 0 Å². The molecule has 0 bridgehead atoms. The first-order valence-electron chi connectivity index (χ1n) is 9.48. The lowest BCUT2D eigenvalue weighted by Gasteiger charge is -2.20. The van der Waals surface area contributed by atoms with Gasteiger partial charge in [-0.3, -0.25) is 9.10 Å². The van der Waals surface area contributed by atoms with Gasteiger partial charge < -0.3 is 10.1 Å². The molecule has 0 unspecified atom stereocenters. The highest BCUT2D eigenvalue weighted by atomic mass is 32.2. The molecular formula is C23H24N2O4S. The Balaban J connectivity index is 1.82. The summed E-state index contributed by atoms with van der Waals surface area (Å²) in [5.74, 6) is 0.263. The standard InChI is InChI=1S/C23H24N2O4S/c1-4-17-8-10-19(11-9-17)24-23(26)18-6-5-7-22(16-18)30(27,28)25(2)20-12-14-21(29-3)15-13-20/h5-16H,4H2,1-3H3,(H,24,26). The predicted octanol–water partition coefficient (Wildman–Crippen LogP) is 4.34. The van der Waals surface area contributed by atoms with E-state index >= 15 is 0 Å². The molecule has 3 aromatic rings. The first-order valence-corrected chi connectivity index (χ1v) is 10.9. The molecule has 0 aromatic heterocycles. The van der Waals surface area contributed by atoms with Gasteiger partial charge in [-0.25, -0.2) is 8.42 Å². The number of amides is 1. The van der Waals surface area contributed by atoms with Crippen LogP contribution < -0.4 is 14.4 Å². The van der Waals surface area contributed by atoms with Crippen LogP contribution in [0.5, 0.6) is 5.75 Å². The molecule has 0 atom stereocenters. The SMILES string of the molecule is CCc1ccc(NC(=O)c2cccc(S(=O)(=O)N(C)c3ccc(OC)cc3)c2)cc1. The van der Waals surface area contributed by atoms with E-state index in [-0.39, 0.29) is 16.4 Å². The van der Waals surface area contributed by atoms with Crippen LogP contribution in [0.2, 0.25) is 0 Å². The molecule has 0 aliphatic carbocycles. The number of rotatable bonds is 7. The second-order valence-corrected chi connectivity index (χ2v) is 8.67. The van der Waals surface area contributed by atoms with Gasteiger partial charge in [-0.15, -0.1) is 0 Å². The molecule has 3 rings (SSSR count). The molecule has 1 amide bonds. The number of benzene rings is 3. The van der Waals surface area contributed by atoms with E-state index < -0.39 is 10.0 Å². The van der Waals surface area contributed by atoms with Gasteiger partial charge in [0, 0.05) is 18.3 Å². The lowest BCUT2D eigenvalue weighted by molar-refractivity contribution is 0.102. The normalized spacial score (nSPS) is 11.0. The van der Waals surface area contributed by atoms with Crippen molar-refractivity contribution in [2.75, 3.05) is 23.8 Å². The van der Waals surface area contributed by atoms with Crippen molar-refractivity contribution in [3.63, 3.8) is 0 Å². The van der Waals surface area contributed by atoms with Crippen molar-refractivity contribution < 1.29 is 17.9 Å². The van der Waals surface area contributed by atoms with Crippen molar-refractivity contribution in [1.82, 2.24) is 0 Å². The molecule has 1 N–H and O–H groups in total. The molecule has 0 saturated heterocycles. The number of methoxy groups -OCH3 is 1. The Labute approximate surface area is 177 Å². The van der Waals surface area contributed by atoms with E-state index in [0.717, 1.165) is 6.42 Å². The van der Waals surface area contributed by atoms with Gasteiger partial charge in [0.25, 0.3) is 15.9 Å². The Bertz CT molecular complexity index is 1120. The molecule has 0 radical (unpaired) electrons. The number of ether oxygens (including phenoxy) is 1. The summed E-state index contributed by atoms with van der Waals surface area (Å²) in [5, 5.41) is 2.80. The largest absolute Gasteiger partial charge is 0.497 e. The van der Waals surface area contributed by atoms with Gasteiger partial charge in [0.05, 0.1) is 17.7 Å². The maximum atomic E-state index is 13.1. The van der Waals surface area contributed by atoms with Crippen LogP contribution >= 0.6 is 0 Å². The molecule has 0 saturated carbocycles. The van der Waals surface area contributed by atoms with E-state index in [9.17, 15) is 13.2 Å². The van der Waals surface area contributed by atoms with E-state index in [2.05, 4.69) is 12.2 Å². The molecule has 30 heavy (non-hydrogen) atoms. The summed E-state index contributed by atoms with van der Waals surface area (Å²) in [6.07, 6.45) is 0.913. The Morgan fingerprint density at radius 1 is 1.00 bits per heavy atom. The Morgan fingerprint density at radius 2 is 1.67 bits per heavy atom. The fraction of sp³-hybridized carbons (Fsp3) is 0.174. The fourth-order valence-corrected chi connectivity index (χ4v) is 4.16.